The Bertz CT molecular complexity index is 1660. The van der Waals surface area contributed by atoms with Gasteiger partial charge in [-0.2, -0.15) is 13.7 Å². The fourth-order valence-electron chi connectivity index (χ4n) is 3.20. The van der Waals surface area contributed by atoms with Gasteiger partial charge in [0.05, 0.1) is 27.8 Å². The Labute approximate surface area is 238 Å². The van der Waals surface area contributed by atoms with E-state index in [9.17, 15) is 33.4 Å². The van der Waals surface area contributed by atoms with Crippen LogP contribution in [-0.2, 0) is 19.7 Å². The molecule has 40 heavy (non-hydrogen) atoms. The molecule has 0 fully saturated rings. The fraction of sp³-hybridized carbons (Fsp3) is 0.0800. The summed E-state index contributed by atoms with van der Waals surface area (Å²) in [6.07, 6.45) is 1.14. The number of nitro groups is 1. The van der Waals surface area contributed by atoms with Crippen molar-refractivity contribution in [1.29, 1.82) is 5.26 Å². The van der Waals surface area contributed by atoms with Crippen LogP contribution in [0.4, 0.5) is 17.1 Å². The second kappa shape index (κ2) is 12.5. The molecular formula is C25H18Cl2N4O8S. The van der Waals surface area contributed by atoms with Gasteiger partial charge in [-0.3, -0.25) is 19.7 Å². The van der Waals surface area contributed by atoms with Crippen molar-refractivity contribution in [1.82, 2.24) is 0 Å². The predicted octanol–water partition coefficient (Wildman–Crippen LogP) is 5.18. The molecule has 0 saturated carbocycles. The molecule has 2 N–H and O–H groups in total. The highest BCUT2D eigenvalue weighted by atomic mass is 35.5. The number of nitriles is 1. The number of rotatable bonds is 9. The van der Waals surface area contributed by atoms with Gasteiger partial charge in [0.15, 0.2) is 11.5 Å². The molecule has 0 aliphatic heterocycles. The lowest BCUT2D eigenvalue weighted by Crippen LogP contribution is -2.14. The number of amides is 2. The van der Waals surface area contributed by atoms with E-state index in [1.165, 1.54) is 56.5 Å². The van der Waals surface area contributed by atoms with E-state index in [1.807, 2.05) is 0 Å². The van der Waals surface area contributed by atoms with Gasteiger partial charge in [0, 0.05) is 24.7 Å². The number of nitrogens with one attached hydrogen (secondary N) is 2. The smallest absolute Gasteiger partial charge is 0.339 e. The van der Waals surface area contributed by atoms with E-state index in [2.05, 4.69) is 10.6 Å². The van der Waals surface area contributed by atoms with Crippen molar-refractivity contribution in [2.24, 2.45) is 0 Å². The third kappa shape index (κ3) is 7.26. The van der Waals surface area contributed by atoms with Crippen molar-refractivity contribution in [3.05, 3.63) is 85.9 Å². The Kier molecular flexibility index (Phi) is 9.33. The van der Waals surface area contributed by atoms with E-state index in [4.69, 9.17) is 32.1 Å². The molecular weight excluding hydrogens is 587 g/mol. The lowest BCUT2D eigenvalue weighted by molar-refractivity contribution is -0.384. The summed E-state index contributed by atoms with van der Waals surface area (Å²) >= 11 is 12.0. The van der Waals surface area contributed by atoms with Crippen molar-refractivity contribution in [2.75, 3.05) is 17.7 Å². The summed E-state index contributed by atoms with van der Waals surface area (Å²) in [5.74, 6) is -1.46. The number of hydrogen-bond acceptors (Lipinski definition) is 9. The van der Waals surface area contributed by atoms with Crippen molar-refractivity contribution < 1.29 is 31.9 Å². The molecule has 0 spiro atoms. The molecule has 206 valence electrons. The van der Waals surface area contributed by atoms with Crippen LogP contribution in [0.1, 0.15) is 12.5 Å². The molecule has 0 atom stereocenters. The highest BCUT2D eigenvalue weighted by Gasteiger charge is 2.21. The summed E-state index contributed by atoms with van der Waals surface area (Å²) < 4.78 is 36.2. The van der Waals surface area contributed by atoms with Crippen molar-refractivity contribution in [3.63, 3.8) is 0 Å². The minimum Gasteiger partial charge on any atom is -0.493 e. The molecule has 0 heterocycles. The molecule has 0 radical (unpaired) electrons. The van der Waals surface area contributed by atoms with Crippen molar-refractivity contribution in [3.8, 4) is 17.6 Å². The molecule has 0 aliphatic carbocycles. The van der Waals surface area contributed by atoms with E-state index in [0.717, 1.165) is 18.2 Å². The first-order chi connectivity index (χ1) is 18.8. The van der Waals surface area contributed by atoms with Crippen LogP contribution in [0.25, 0.3) is 6.08 Å². The second-order valence-electron chi connectivity index (χ2n) is 7.82. The number of halogens is 2. The van der Waals surface area contributed by atoms with Crippen molar-refractivity contribution >= 4 is 68.3 Å². The largest absolute Gasteiger partial charge is 0.493 e. The van der Waals surface area contributed by atoms with E-state index in [0.29, 0.717) is 5.69 Å². The van der Waals surface area contributed by atoms with Crippen molar-refractivity contribution in [2.45, 2.75) is 11.8 Å². The normalized spacial score (nSPS) is 11.2. The van der Waals surface area contributed by atoms with Gasteiger partial charge in [0.2, 0.25) is 5.91 Å². The molecule has 12 nitrogen and oxygen atoms in total. The van der Waals surface area contributed by atoms with Gasteiger partial charge in [-0.1, -0.05) is 29.3 Å². The Morgan fingerprint density at radius 3 is 2.17 bits per heavy atom. The monoisotopic (exact) mass is 604 g/mol. The quantitative estimate of drug-likeness (QED) is 0.109. The zero-order chi connectivity index (χ0) is 29.6. The summed E-state index contributed by atoms with van der Waals surface area (Å²) in [6.45, 7) is 1.31. The highest BCUT2D eigenvalue weighted by Crippen LogP contribution is 2.35. The fourth-order valence-corrected chi connectivity index (χ4v) is 4.71. The summed E-state index contributed by atoms with van der Waals surface area (Å²) in [5.41, 5.74) is -0.393. The second-order valence-corrected chi connectivity index (χ2v) is 10.2. The van der Waals surface area contributed by atoms with Gasteiger partial charge in [-0.25, -0.2) is 0 Å². The number of nitro benzene ring substituents is 1. The number of methoxy groups -OCH3 is 1. The van der Waals surface area contributed by atoms with Gasteiger partial charge < -0.3 is 19.6 Å². The first-order valence-electron chi connectivity index (χ1n) is 10.9. The average molecular weight is 605 g/mol. The number of carbonyl (C=O) groups is 2. The number of anilines is 2. The van der Waals surface area contributed by atoms with Crippen LogP contribution in [0, 0.1) is 21.4 Å². The number of hydrogen-bond donors (Lipinski definition) is 2. The van der Waals surface area contributed by atoms with Crippen LogP contribution in [0.3, 0.4) is 0 Å². The van der Waals surface area contributed by atoms with Gasteiger partial charge in [0.1, 0.15) is 16.5 Å². The number of benzene rings is 3. The topological polar surface area (TPSA) is 178 Å². The molecule has 0 saturated heterocycles. The Morgan fingerprint density at radius 1 is 1.02 bits per heavy atom. The lowest BCUT2D eigenvalue weighted by atomic mass is 10.1. The molecule has 0 aromatic heterocycles. The third-order valence-electron chi connectivity index (χ3n) is 5.00. The van der Waals surface area contributed by atoms with Crippen LogP contribution in [0.15, 0.2) is 65.1 Å². The molecule has 0 bridgehead atoms. The molecule has 2 amide bonds. The van der Waals surface area contributed by atoms with E-state index in [-0.39, 0.29) is 43.6 Å². The number of nitrogens with zero attached hydrogens (tertiary/aromatic N) is 2. The average Bonchev–Trinajstić information content (AvgIpc) is 2.89. The van der Waals surface area contributed by atoms with Crippen LogP contribution < -0.4 is 19.6 Å². The Balaban J connectivity index is 1.89. The van der Waals surface area contributed by atoms with Gasteiger partial charge in [-0.05, 0) is 48.0 Å². The highest BCUT2D eigenvalue weighted by molar-refractivity contribution is 7.87. The predicted molar refractivity (Wildman–Crippen MR) is 147 cm³/mol. The van der Waals surface area contributed by atoms with Crippen LogP contribution in [0.5, 0.6) is 11.5 Å². The van der Waals surface area contributed by atoms with Crippen LogP contribution >= 0.6 is 23.2 Å². The third-order valence-corrected chi connectivity index (χ3v) is 6.85. The maximum atomic E-state index is 12.9. The number of ether oxygens (including phenoxy) is 1. The summed E-state index contributed by atoms with van der Waals surface area (Å²) in [4.78, 5) is 34.0. The summed E-state index contributed by atoms with van der Waals surface area (Å²) in [7, 11) is -3.06. The molecule has 3 aromatic rings. The maximum absolute atomic E-state index is 12.9. The molecule has 3 aromatic carbocycles. The molecule has 0 unspecified atom stereocenters. The Hall–Kier alpha value is -4.64. The first kappa shape index (κ1) is 29.9. The summed E-state index contributed by atoms with van der Waals surface area (Å²) in [6, 6.07) is 13.0. The zero-order valence-electron chi connectivity index (χ0n) is 20.6. The van der Waals surface area contributed by atoms with Gasteiger partial charge in [0.25, 0.3) is 11.6 Å². The van der Waals surface area contributed by atoms with E-state index < -0.39 is 32.2 Å². The number of non-ortho nitro benzene ring substituents is 1. The van der Waals surface area contributed by atoms with E-state index >= 15 is 0 Å². The zero-order valence-corrected chi connectivity index (χ0v) is 22.9. The van der Waals surface area contributed by atoms with Crippen LogP contribution in [-0.4, -0.2) is 32.3 Å². The Morgan fingerprint density at radius 2 is 1.65 bits per heavy atom. The van der Waals surface area contributed by atoms with Crippen LogP contribution in [0.2, 0.25) is 10.0 Å². The van der Waals surface area contributed by atoms with Gasteiger partial charge in [-0.15, -0.1) is 0 Å². The standard InChI is InChI=1S/C25H18Cl2N4O8S/c1-14(32)29-17-4-6-19(7-5-17)40(36,37)39-23-10-15(3-8-22(23)38-2)9-16(13-28)25(33)30-24-20(26)11-18(31(34)35)12-21(24)27/h3-12H,1-2H3,(H,29,32)(H,30,33)/b16-9+. The minimum atomic E-state index is -4.35. The minimum absolute atomic E-state index is 0.0444. The first-order valence-corrected chi connectivity index (χ1v) is 13.1. The molecule has 3 rings (SSSR count). The molecule has 15 heteroatoms. The van der Waals surface area contributed by atoms with Gasteiger partial charge >= 0.3 is 10.1 Å². The van der Waals surface area contributed by atoms with E-state index in [1.54, 1.807) is 6.07 Å². The number of carbonyl (C=O) groups excluding carboxylic acids is 2. The maximum Gasteiger partial charge on any atom is 0.339 e. The lowest BCUT2D eigenvalue weighted by Gasteiger charge is -2.12. The summed E-state index contributed by atoms with van der Waals surface area (Å²) in [5, 5.41) is 24.9. The SMILES string of the molecule is COc1ccc(/C=C(\C#N)C(=O)Nc2c(Cl)cc([N+](=O)[O-])cc2Cl)cc1OS(=O)(=O)c1ccc(NC(C)=O)cc1. The molecule has 0 aliphatic rings.